The van der Waals surface area contributed by atoms with Gasteiger partial charge in [0, 0.05) is 17.8 Å². The third kappa shape index (κ3) is 5.19. The maximum Gasteiger partial charge on any atom is 0.239 e. The van der Waals surface area contributed by atoms with E-state index in [0.29, 0.717) is 30.8 Å². The van der Waals surface area contributed by atoms with Crippen LogP contribution in [0.2, 0.25) is 0 Å². The van der Waals surface area contributed by atoms with Gasteiger partial charge in [-0.3, -0.25) is 9.59 Å². The van der Waals surface area contributed by atoms with Crippen LogP contribution in [0.1, 0.15) is 25.3 Å². The van der Waals surface area contributed by atoms with Crippen molar-refractivity contribution in [2.75, 3.05) is 23.1 Å². The Morgan fingerprint density at radius 2 is 2.00 bits per heavy atom. The number of nitrogens with one attached hydrogen (secondary N) is 2. The molecule has 0 heterocycles. The standard InChI is InChI=1S/C14H20ClN3O2/c1-2-10-5-6-11(17-14(20)9-15)8-12(10)18-13(19)4-3-7-16/h5-6,8H,2-4,7,9,16H2,1H3,(H,17,20)(H,18,19). The molecule has 0 aliphatic carbocycles. The highest BCUT2D eigenvalue weighted by Gasteiger charge is 2.08. The Hall–Kier alpha value is -1.59. The van der Waals surface area contributed by atoms with Gasteiger partial charge in [-0.2, -0.15) is 0 Å². The van der Waals surface area contributed by atoms with Gasteiger partial charge in [-0.05, 0) is 37.1 Å². The summed E-state index contributed by atoms with van der Waals surface area (Å²) in [5.41, 5.74) is 7.71. The maximum absolute atomic E-state index is 11.8. The van der Waals surface area contributed by atoms with Crippen LogP contribution in [-0.2, 0) is 16.0 Å². The second-order valence-corrected chi connectivity index (χ2v) is 4.61. The summed E-state index contributed by atoms with van der Waals surface area (Å²) in [6.07, 6.45) is 1.82. The largest absolute Gasteiger partial charge is 0.330 e. The van der Waals surface area contributed by atoms with E-state index in [1.54, 1.807) is 12.1 Å². The Labute approximate surface area is 123 Å². The molecule has 0 unspecified atom stereocenters. The lowest BCUT2D eigenvalue weighted by Crippen LogP contribution is -2.16. The number of hydrogen-bond donors (Lipinski definition) is 3. The average Bonchev–Trinajstić information content (AvgIpc) is 2.45. The van der Waals surface area contributed by atoms with E-state index < -0.39 is 0 Å². The van der Waals surface area contributed by atoms with Crippen LogP contribution in [0.5, 0.6) is 0 Å². The van der Waals surface area contributed by atoms with E-state index in [1.165, 1.54) is 0 Å². The summed E-state index contributed by atoms with van der Waals surface area (Å²) in [5.74, 6) is -0.462. The van der Waals surface area contributed by atoms with Gasteiger partial charge in [-0.25, -0.2) is 0 Å². The summed E-state index contributed by atoms with van der Waals surface area (Å²) < 4.78 is 0. The molecule has 0 saturated heterocycles. The average molecular weight is 298 g/mol. The van der Waals surface area contributed by atoms with Crippen molar-refractivity contribution < 1.29 is 9.59 Å². The molecule has 1 aromatic carbocycles. The molecule has 0 aromatic heterocycles. The number of carbonyl (C=O) groups is 2. The first kappa shape index (κ1) is 16.5. The summed E-state index contributed by atoms with van der Waals surface area (Å²) in [7, 11) is 0. The smallest absolute Gasteiger partial charge is 0.239 e. The van der Waals surface area contributed by atoms with E-state index in [2.05, 4.69) is 10.6 Å². The van der Waals surface area contributed by atoms with E-state index >= 15 is 0 Å². The van der Waals surface area contributed by atoms with Crippen molar-refractivity contribution >= 4 is 34.8 Å². The lowest BCUT2D eigenvalue weighted by molar-refractivity contribution is -0.116. The van der Waals surface area contributed by atoms with Gasteiger partial charge < -0.3 is 16.4 Å². The third-order valence-electron chi connectivity index (χ3n) is 2.78. The molecule has 1 aromatic rings. The van der Waals surface area contributed by atoms with Gasteiger partial charge in [0.25, 0.3) is 0 Å². The van der Waals surface area contributed by atoms with Crippen molar-refractivity contribution in [2.24, 2.45) is 5.73 Å². The Morgan fingerprint density at radius 3 is 2.60 bits per heavy atom. The van der Waals surface area contributed by atoms with E-state index in [1.807, 2.05) is 13.0 Å². The predicted molar refractivity (Wildman–Crippen MR) is 82.1 cm³/mol. The molecule has 0 aliphatic heterocycles. The zero-order chi connectivity index (χ0) is 15.0. The zero-order valence-electron chi connectivity index (χ0n) is 11.5. The van der Waals surface area contributed by atoms with Crippen LogP contribution >= 0.6 is 11.6 Å². The lowest BCUT2D eigenvalue weighted by Gasteiger charge is -2.12. The van der Waals surface area contributed by atoms with Gasteiger partial charge in [0.1, 0.15) is 5.88 Å². The maximum atomic E-state index is 11.8. The molecule has 1 rings (SSSR count). The molecular weight excluding hydrogens is 278 g/mol. The van der Waals surface area contributed by atoms with Crippen LogP contribution in [0.4, 0.5) is 11.4 Å². The molecule has 0 bridgehead atoms. The SMILES string of the molecule is CCc1ccc(NC(=O)CCl)cc1NC(=O)CCCN. The number of aryl methyl sites for hydroxylation is 1. The number of carbonyl (C=O) groups excluding carboxylic acids is 2. The molecule has 4 N–H and O–H groups in total. The van der Waals surface area contributed by atoms with E-state index in [-0.39, 0.29) is 17.7 Å². The number of anilines is 2. The minimum absolute atomic E-state index is 0.0778. The number of halogens is 1. The summed E-state index contributed by atoms with van der Waals surface area (Å²) >= 11 is 5.45. The second kappa shape index (κ2) is 8.55. The molecule has 6 heteroatoms. The van der Waals surface area contributed by atoms with Crippen LogP contribution < -0.4 is 16.4 Å². The molecule has 0 aliphatic rings. The van der Waals surface area contributed by atoms with Crippen molar-refractivity contribution in [3.05, 3.63) is 23.8 Å². The summed E-state index contributed by atoms with van der Waals surface area (Å²) in [4.78, 5) is 23.0. The highest BCUT2D eigenvalue weighted by Crippen LogP contribution is 2.22. The zero-order valence-corrected chi connectivity index (χ0v) is 12.3. The summed E-state index contributed by atoms with van der Waals surface area (Å²) in [6, 6.07) is 5.41. The first-order chi connectivity index (χ1) is 9.60. The highest BCUT2D eigenvalue weighted by atomic mass is 35.5. The molecule has 5 nitrogen and oxygen atoms in total. The van der Waals surface area contributed by atoms with Crippen molar-refractivity contribution in [1.82, 2.24) is 0 Å². The van der Waals surface area contributed by atoms with Crippen molar-refractivity contribution in [3.8, 4) is 0 Å². The lowest BCUT2D eigenvalue weighted by atomic mass is 10.1. The van der Waals surface area contributed by atoms with Crippen molar-refractivity contribution in [3.63, 3.8) is 0 Å². The number of nitrogens with two attached hydrogens (primary N) is 1. The number of rotatable bonds is 7. The Balaban J connectivity index is 2.83. The number of hydrogen-bond acceptors (Lipinski definition) is 3. The predicted octanol–water partition coefficient (Wildman–Crippen LogP) is 2.10. The molecule has 0 fully saturated rings. The van der Waals surface area contributed by atoms with Crippen molar-refractivity contribution in [1.29, 1.82) is 0 Å². The normalized spacial score (nSPS) is 10.2. The molecular formula is C14H20ClN3O2. The highest BCUT2D eigenvalue weighted by molar-refractivity contribution is 6.29. The van der Waals surface area contributed by atoms with Crippen LogP contribution in [-0.4, -0.2) is 24.2 Å². The van der Waals surface area contributed by atoms with Gasteiger partial charge in [0.15, 0.2) is 0 Å². The van der Waals surface area contributed by atoms with Crippen LogP contribution in [0.15, 0.2) is 18.2 Å². The number of amides is 2. The van der Waals surface area contributed by atoms with E-state index in [0.717, 1.165) is 12.0 Å². The van der Waals surface area contributed by atoms with Gasteiger partial charge in [0.05, 0.1) is 0 Å². The first-order valence-corrected chi connectivity index (χ1v) is 7.12. The molecule has 0 radical (unpaired) electrons. The quantitative estimate of drug-likeness (QED) is 0.674. The Morgan fingerprint density at radius 1 is 1.25 bits per heavy atom. The van der Waals surface area contributed by atoms with Crippen LogP contribution in [0.3, 0.4) is 0 Å². The van der Waals surface area contributed by atoms with Gasteiger partial charge in [0.2, 0.25) is 11.8 Å². The fraction of sp³-hybridized carbons (Fsp3) is 0.429. The van der Waals surface area contributed by atoms with E-state index in [9.17, 15) is 9.59 Å². The Bertz CT molecular complexity index is 477. The fourth-order valence-corrected chi connectivity index (χ4v) is 1.82. The minimum Gasteiger partial charge on any atom is -0.330 e. The number of benzene rings is 1. The third-order valence-corrected chi connectivity index (χ3v) is 3.02. The van der Waals surface area contributed by atoms with Gasteiger partial charge >= 0.3 is 0 Å². The fourth-order valence-electron chi connectivity index (χ4n) is 1.75. The molecule has 2 amide bonds. The first-order valence-electron chi connectivity index (χ1n) is 6.59. The molecule has 20 heavy (non-hydrogen) atoms. The molecule has 0 atom stereocenters. The Kier molecular flexibility index (Phi) is 7.04. The molecule has 0 saturated carbocycles. The molecule has 0 spiro atoms. The van der Waals surface area contributed by atoms with Crippen LogP contribution in [0, 0.1) is 0 Å². The van der Waals surface area contributed by atoms with E-state index in [4.69, 9.17) is 17.3 Å². The van der Waals surface area contributed by atoms with Crippen molar-refractivity contribution in [2.45, 2.75) is 26.2 Å². The monoisotopic (exact) mass is 297 g/mol. The van der Waals surface area contributed by atoms with Gasteiger partial charge in [-0.1, -0.05) is 13.0 Å². The minimum atomic E-state index is -0.281. The molecule has 110 valence electrons. The second-order valence-electron chi connectivity index (χ2n) is 4.35. The topological polar surface area (TPSA) is 84.2 Å². The van der Waals surface area contributed by atoms with Crippen LogP contribution in [0.25, 0.3) is 0 Å². The number of alkyl halides is 1. The summed E-state index contributed by atoms with van der Waals surface area (Å²) in [6.45, 7) is 2.49. The van der Waals surface area contributed by atoms with Gasteiger partial charge in [-0.15, -0.1) is 11.6 Å². The summed E-state index contributed by atoms with van der Waals surface area (Å²) in [5, 5.41) is 5.51.